The Morgan fingerprint density at radius 3 is 2.22 bits per heavy atom. The number of likely N-dealkylation sites (tertiary alicyclic amines) is 1. The van der Waals surface area contributed by atoms with Gasteiger partial charge in [-0.3, -0.25) is 0 Å². The smallest absolute Gasteiger partial charge is 0.119 e. The average Bonchev–Trinajstić information content (AvgIpc) is 2.63. The van der Waals surface area contributed by atoms with Crippen LogP contribution in [0.1, 0.15) is 24.8 Å². The molecular weight excluding hydrogens is 282 g/mol. The molecule has 2 heteroatoms. The number of hydrogen-bond donors (Lipinski definition) is 0. The molecule has 2 nitrogen and oxygen atoms in total. The number of rotatable bonds is 7. The molecule has 1 aliphatic rings. The van der Waals surface area contributed by atoms with Gasteiger partial charge in [0.25, 0.3) is 0 Å². The number of ether oxygens (including phenoxy) is 1. The predicted molar refractivity (Wildman–Crippen MR) is 95.9 cm³/mol. The maximum Gasteiger partial charge on any atom is 0.119 e. The molecular formula is C21H27NO. The Bertz CT molecular complexity index is 547. The summed E-state index contributed by atoms with van der Waals surface area (Å²) >= 11 is 0. The van der Waals surface area contributed by atoms with Crippen molar-refractivity contribution in [2.75, 3.05) is 26.2 Å². The Morgan fingerprint density at radius 2 is 1.52 bits per heavy atom. The van der Waals surface area contributed by atoms with E-state index in [2.05, 4.69) is 35.2 Å². The van der Waals surface area contributed by atoms with Gasteiger partial charge in [0.2, 0.25) is 0 Å². The van der Waals surface area contributed by atoms with E-state index in [-0.39, 0.29) is 0 Å². The van der Waals surface area contributed by atoms with Crippen LogP contribution in [-0.4, -0.2) is 31.1 Å². The van der Waals surface area contributed by atoms with Crippen LogP contribution in [0.25, 0.3) is 0 Å². The number of nitrogens with zero attached hydrogens (tertiary/aromatic N) is 1. The fourth-order valence-corrected chi connectivity index (χ4v) is 3.29. The van der Waals surface area contributed by atoms with Crippen molar-refractivity contribution in [2.45, 2.75) is 25.7 Å². The molecule has 1 saturated heterocycles. The monoisotopic (exact) mass is 309 g/mol. The summed E-state index contributed by atoms with van der Waals surface area (Å²) < 4.78 is 5.83. The quantitative estimate of drug-likeness (QED) is 0.751. The number of para-hydroxylation sites is 1. The van der Waals surface area contributed by atoms with Crippen LogP contribution in [0.15, 0.2) is 60.7 Å². The van der Waals surface area contributed by atoms with Gasteiger partial charge in [-0.1, -0.05) is 48.5 Å². The van der Waals surface area contributed by atoms with Crippen LogP contribution in [0, 0.1) is 5.92 Å². The summed E-state index contributed by atoms with van der Waals surface area (Å²) in [6.07, 6.45) is 4.98. The minimum Gasteiger partial charge on any atom is -0.494 e. The van der Waals surface area contributed by atoms with Crippen molar-refractivity contribution in [3.8, 4) is 5.75 Å². The lowest BCUT2D eigenvalue weighted by Gasteiger charge is -2.32. The topological polar surface area (TPSA) is 12.5 Å². The molecule has 0 spiro atoms. The van der Waals surface area contributed by atoms with Crippen LogP contribution in [-0.2, 0) is 6.42 Å². The van der Waals surface area contributed by atoms with E-state index < -0.39 is 0 Å². The molecule has 3 rings (SSSR count). The summed E-state index contributed by atoms with van der Waals surface area (Å²) in [4.78, 5) is 2.61. The molecule has 1 fully saturated rings. The van der Waals surface area contributed by atoms with Gasteiger partial charge in [0.15, 0.2) is 0 Å². The zero-order valence-corrected chi connectivity index (χ0v) is 13.9. The Labute approximate surface area is 140 Å². The molecule has 122 valence electrons. The fraction of sp³-hybridized carbons (Fsp3) is 0.429. The lowest BCUT2D eigenvalue weighted by atomic mass is 9.93. The molecule has 0 aliphatic carbocycles. The Hall–Kier alpha value is -1.80. The maximum absolute atomic E-state index is 5.83. The van der Waals surface area contributed by atoms with Gasteiger partial charge in [-0.2, -0.15) is 0 Å². The van der Waals surface area contributed by atoms with Gasteiger partial charge in [0.1, 0.15) is 5.75 Å². The zero-order valence-electron chi connectivity index (χ0n) is 13.9. The third-order valence-electron chi connectivity index (χ3n) is 4.80. The van der Waals surface area contributed by atoms with E-state index in [1.54, 1.807) is 0 Å². The summed E-state index contributed by atoms with van der Waals surface area (Å²) in [5, 5.41) is 0. The number of hydrogen-bond acceptors (Lipinski definition) is 2. The lowest BCUT2D eigenvalue weighted by Crippen LogP contribution is -2.35. The van der Waals surface area contributed by atoms with Gasteiger partial charge in [-0.25, -0.2) is 0 Å². The van der Waals surface area contributed by atoms with E-state index in [9.17, 15) is 0 Å². The molecule has 23 heavy (non-hydrogen) atoms. The third-order valence-corrected chi connectivity index (χ3v) is 4.80. The van der Waals surface area contributed by atoms with E-state index >= 15 is 0 Å². The highest BCUT2D eigenvalue weighted by atomic mass is 16.5. The average molecular weight is 309 g/mol. The van der Waals surface area contributed by atoms with Gasteiger partial charge >= 0.3 is 0 Å². The Morgan fingerprint density at radius 1 is 0.870 bits per heavy atom. The van der Waals surface area contributed by atoms with Gasteiger partial charge in [0, 0.05) is 6.54 Å². The first-order valence-electron chi connectivity index (χ1n) is 8.84. The lowest BCUT2D eigenvalue weighted by molar-refractivity contribution is 0.164. The fourth-order valence-electron chi connectivity index (χ4n) is 3.29. The van der Waals surface area contributed by atoms with Crippen molar-refractivity contribution >= 4 is 0 Å². The first-order chi connectivity index (χ1) is 11.4. The first kappa shape index (κ1) is 16.1. The Kier molecular flexibility index (Phi) is 6.10. The van der Waals surface area contributed by atoms with Crippen LogP contribution in [0.3, 0.4) is 0 Å². The molecule has 0 radical (unpaired) electrons. The highest BCUT2D eigenvalue weighted by molar-refractivity contribution is 5.20. The summed E-state index contributed by atoms with van der Waals surface area (Å²) in [7, 11) is 0. The second-order valence-corrected chi connectivity index (χ2v) is 6.47. The largest absolute Gasteiger partial charge is 0.494 e. The van der Waals surface area contributed by atoms with Gasteiger partial charge < -0.3 is 9.64 Å². The van der Waals surface area contributed by atoms with E-state index in [4.69, 9.17) is 4.74 Å². The molecule has 0 saturated carbocycles. The molecule has 1 aliphatic heterocycles. The van der Waals surface area contributed by atoms with Gasteiger partial charge in [0.05, 0.1) is 6.61 Å². The molecule has 0 unspecified atom stereocenters. The summed E-state index contributed by atoms with van der Waals surface area (Å²) in [5.41, 5.74) is 1.45. The molecule has 0 N–H and O–H groups in total. The van der Waals surface area contributed by atoms with E-state index in [1.165, 1.54) is 50.9 Å². The molecule has 0 atom stereocenters. The molecule has 0 amide bonds. The van der Waals surface area contributed by atoms with Crippen molar-refractivity contribution in [3.05, 3.63) is 66.2 Å². The zero-order chi connectivity index (χ0) is 15.7. The summed E-state index contributed by atoms with van der Waals surface area (Å²) in [6, 6.07) is 21.0. The number of benzene rings is 2. The molecule has 2 aromatic rings. The van der Waals surface area contributed by atoms with E-state index in [0.717, 1.165) is 18.3 Å². The van der Waals surface area contributed by atoms with Crippen LogP contribution < -0.4 is 4.74 Å². The standard InChI is InChI=1S/C21H27NO/c1-3-7-19(8-4-1)11-15-22-16-12-20(13-17-22)14-18-23-21-9-5-2-6-10-21/h1-10,20H,11-18H2. The minimum atomic E-state index is 0.826. The molecule has 2 aromatic carbocycles. The van der Waals surface area contributed by atoms with Crippen LogP contribution in [0.4, 0.5) is 0 Å². The highest BCUT2D eigenvalue weighted by Crippen LogP contribution is 2.21. The molecule has 0 bridgehead atoms. The molecule has 0 aromatic heterocycles. The normalized spacial score (nSPS) is 16.3. The second-order valence-electron chi connectivity index (χ2n) is 6.47. The van der Waals surface area contributed by atoms with Crippen LogP contribution in [0.5, 0.6) is 5.75 Å². The summed E-state index contributed by atoms with van der Waals surface area (Å²) in [5.74, 6) is 1.82. The van der Waals surface area contributed by atoms with Gasteiger partial charge in [-0.05, 0) is 62.4 Å². The van der Waals surface area contributed by atoms with Crippen LogP contribution >= 0.6 is 0 Å². The van der Waals surface area contributed by atoms with Crippen molar-refractivity contribution < 1.29 is 4.74 Å². The van der Waals surface area contributed by atoms with Crippen molar-refractivity contribution in [1.29, 1.82) is 0 Å². The van der Waals surface area contributed by atoms with Crippen molar-refractivity contribution in [1.82, 2.24) is 4.90 Å². The van der Waals surface area contributed by atoms with Crippen molar-refractivity contribution in [3.63, 3.8) is 0 Å². The van der Waals surface area contributed by atoms with Crippen LogP contribution in [0.2, 0.25) is 0 Å². The predicted octanol–water partition coefficient (Wildman–Crippen LogP) is 4.41. The first-order valence-corrected chi connectivity index (χ1v) is 8.84. The minimum absolute atomic E-state index is 0.826. The SMILES string of the molecule is c1ccc(CCN2CCC(CCOc3ccccc3)CC2)cc1. The van der Waals surface area contributed by atoms with Crippen molar-refractivity contribution in [2.24, 2.45) is 5.92 Å². The highest BCUT2D eigenvalue weighted by Gasteiger charge is 2.18. The van der Waals surface area contributed by atoms with E-state index in [1.807, 2.05) is 30.3 Å². The number of piperidine rings is 1. The summed E-state index contributed by atoms with van der Waals surface area (Å²) in [6.45, 7) is 4.52. The van der Waals surface area contributed by atoms with Gasteiger partial charge in [-0.15, -0.1) is 0 Å². The Balaban J connectivity index is 1.31. The maximum atomic E-state index is 5.83. The third kappa shape index (κ3) is 5.40. The molecule has 1 heterocycles. The van der Waals surface area contributed by atoms with E-state index in [0.29, 0.717) is 0 Å². The second kappa shape index (κ2) is 8.73.